The van der Waals surface area contributed by atoms with Crippen LogP contribution < -0.4 is 9.47 Å². The third-order valence-corrected chi connectivity index (χ3v) is 6.51. The maximum Gasteiger partial charge on any atom is 0.233 e. The van der Waals surface area contributed by atoms with Gasteiger partial charge in [-0.25, -0.2) is 0 Å². The lowest BCUT2D eigenvalue weighted by molar-refractivity contribution is -0.129. The first-order valence-electron chi connectivity index (χ1n) is 10.2. The number of carbonyl (C=O) groups is 1. The maximum atomic E-state index is 13.2. The van der Waals surface area contributed by atoms with E-state index in [1.54, 1.807) is 20.5 Å². The van der Waals surface area contributed by atoms with Crippen molar-refractivity contribution in [3.63, 3.8) is 0 Å². The molecule has 8 heteroatoms. The van der Waals surface area contributed by atoms with E-state index in [9.17, 15) is 4.79 Å². The van der Waals surface area contributed by atoms with Crippen molar-refractivity contribution < 1.29 is 14.3 Å². The van der Waals surface area contributed by atoms with Gasteiger partial charge in [0.15, 0.2) is 5.16 Å². The molecule has 2 aromatic carbocycles. The fourth-order valence-corrected chi connectivity index (χ4v) is 4.83. The molecule has 1 aromatic heterocycles. The van der Waals surface area contributed by atoms with Gasteiger partial charge in [-0.2, -0.15) is 0 Å². The number of benzene rings is 2. The number of para-hydroxylation sites is 1. The molecular weight excluding hydrogens is 412 g/mol. The van der Waals surface area contributed by atoms with Gasteiger partial charge in [-0.3, -0.25) is 9.36 Å². The third-order valence-electron chi connectivity index (χ3n) is 5.59. The van der Waals surface area contributed by atoms with Crippen LogP contribution in [0.1, 0.15) is 30.0 Å². The Morgan fingerprint density at radius 2 is 2.03 bits per heavy atom. The van der Waals surface area contributed by atoms with Crippen molar-refractivity contribution in [2.24, 2.45) is 0 Å². The molecule has 0 bridgehead atoms. The Morgan fingerprint density at radius 1 is 1.19 bits per heavy atom. The summed E-state index contributed by atoms with van der Waals surface area (Å²) >= 11 is 1.41. The Kier molecular flexibility index (Phi) is 6.46. The van der Waals surface area contributed by atoms with Crippen molar-refractivity contribution in [2.45, 2.75) is 31.0 Å². The molecular formula is C23H26N4O3S. The molecule has 0 N–H and O–H groups in total. The number of amides is 1. The van der Waals surface area contributed by atoms with Gasteiger partial charge in [0, 0.05) is 12.1 Å². The summed E-state index contributed by atoms with van der Waals surface area (Å²) in [5, 5.41) is 8.99. The number of hydrogen-bond donors (Lipinski definition) is 0. The maximum absolute atomic E-state index is 13.2. The van der Waals surface area contributed by atoms with Crippen LogP contribution >= 0.6 is 11.8 Å². The van der Waals surface area contributed by atoms with Crippen molar-refractivity contribution in [3.8, 4) is 17.2 Å². The van der Waals surface area contributed by atoms with Crippen LogP contribution in [0.25, 0.3) is 5.69 Å². The standard InChI is InChI=1S/C23H26N4O3S/c1-16-7-4-5-8-19(16)27-15-24-25-23(27)31-14-22(28)26-12-6-9-20(26)18-13-17(29-2)10-11-21(18)30-3/h4-5,7-8,10-11,13,15,20H,6,9,12,14H2,1-3H3. The van der Waals surface area contributed by atoms with Crippen molar-refractivity contribution in [1.29, 1.82) is 0 Å². The number of aryl methyl sites for hydroxylation is 1. The van der Waals surface area contributed by atoms with Gasteiger partial charge < -0.3 is 14.4 Å². The Hall–Kier alpha value is -3.00. The average molecular weight is 439 g/mol. The van der Waals surface area contributed by atoms with E-state index in [-0.39, 0.29) is 11.9 Å². The Labute approximate surface area is 186 Å². The van der Waals surface area contributed by atoms with Crippen LogP contribution in [-0.4, -0.2) is 52.1 Å². The largest absolute Gasteiger partial charge is 0.497 e. The molecule has 0 aliphatic carbocycles. The van der Waals surface area contributed by atoms with Gasteiger partial charge in [-0.1, -0.05) is 30.0 Å². The van der Waals surface area contributed by atoms with Crippen molar-refractivity contribution >= 4 is 17.7 Å². The summed E-state index contributed by atoms with van der Waals surface area (Å²) in [5.74, 6) is 1.91. The number of aromatic nitrogens is 3. The van der Waals surface area contributed by atoms with Gasteiger partial charge in [0.05, 0.1) is 31.7 Å². The molecule has 31 heavy (non-hydrogen) atoms. The summed E-state index contributed by atoms with van der Waals surface area (Å²) < 4.78 is 12.9. The monoisotopic (exact) mass is 438 g/mol. The number of ether oxygens (including phenoxy) is 2. The van der Waals surface area contributed by atoms with E-state index in [0.29, 0.717) is 10.9 Å². The molecule has 1 aliphatic heterocycles. The van der Waals surface area contributed by atoms with Gasteiger partial charge in [-0.15, -0.1) is 10.2 Å². The summed E-state index contributed by atoms with van der Waals surface area (Å²) in [4.78, 5) is 15.1. The molecule has 2 heterocycles. The number of likely N-dealkylation sites (tertiary alicyclic amines) is 1. The van der Waals surface area contributed by atoms with Crippen LogP contribution in [0.3, 0.4) is 0 Å². The zero-order valence-corrected chi connectivity index (χ0v) is 18.8. The van der Waals surface area contributed by atoms with E-state index >= 15 is 0 Å². The average Bonchev–Trinajstić information content (AvgIpc) is 3.47. The van der Waals surface area contributed by atoms with Crippen LogP contribution in [0.5, 0.6) is 11.5 Å². The fourth-order valence-electron chi connectivity index (χ4n) is 4.02. The highest BCUT2D eigenvalue weighted by Crippen LogP contribution is 2.39. The van der Waals surface area contributed by atoms with Crippen molar-refractivity contribution in [2.75, 3.05) is 26.5 Å². The highest BCUT2D eigenvalue weighted by atomic mass is 32.2. The molecule has 0 radical (unpaired) electrons. The first-order chi connectivity index (χ1) is 15.1. The highest BCUT2D eigenvalue weighted by Gasteiger charge is 2.32. The molecule has 1 saturated heterocycles. The van der Waals surface area contributed by atoms with Crippen LogP contribution in [0, 0.1) is 6.92 Å². The molecule has 4 rings (SSSR count). The zero-order chi connectivity index (χ0) is 21.8. The third kappa shape index (κ3) is 4.39. The van der Waals surface area contributed by atoms with Crippen molar-refractivity contribution in [3.05, 3.63) is 59.9 Å². The molecule has 3 aromatic rings. The molecule has 1 atom stereocenters. The number of nitrogens with zero attached hydrogens (tertiary/aromatic N) is 4. The molecule has 1 unspecified atom stereocenters. The molecule has 1 fully saturated rings. The normalized spacial score (nSPS) is 15.8. The fraction of sp³-hybridized carbons (Fsp3) is 0.348. The second kappa shape index (κ2) is 9.43. The number of hydrogen-bond acceptors (Lipinski definition) is 6. The first kappa shape index (κ1) is 21.2. The lowest BCUT2D eigenvalue weighted by atomic mass is 10.0. The minimum Gasteiger partial charge on any atom is -0.497 e. The molecule has 162 valence electrons. The predicted molar refractivity (Wildman–Crippen MR) is 120 cm³/mol. The van der Waals surface area contributed by atoms with Gasteiger partial charge in [-0.05, 0) is 49.6 Å². The predicted octanol–water partition coefficient (Wildman–Crippen LogP) is 4.05. The van der Waals surface area contributed by atoms with Crippen LogP contribution in [-0.2, 0) is 4.79 Å². The van der Waals surface area contributed by atoms with Crippen LogP contribution in [0.2, 0.25) is 0 Å². The van der Waals surface area contributed by atoms with Crippen LogP contribution in [0.4, 0.5) is 0 Å². The Balaban J connectivity index is 1.50. The number of carbonyl (C=O) groups excluding carboxylic acids is 1. The Bertz CT molecular complexity index is 1070. The molecule has 1 aliphatic rings. The van der Waals surface area contributed by atoms with E-state index in [1.165, 1.54) is 11.8 Å². The summed E-state index contributed by atoms with van der Waals surface area (Å²) in [5.41, 5.74) is 3.13. The molecule has 0 spiro atoms. The van der Waals surface area contributed by atoms with Crippen LogP contribution in [0.15, 0.2) is 53.9 Å². The van der Waals surface area contributed by atoms with E-state index in [0.717, 1.165) is 47.7 Å². The van der Waals surface area contributed by atoms with Gasteiger partial charge in [0.2, 0.25) is 5.91 Å². The SMILES string of the molecule is COc1ccc(OC)c(C2CCCN2C(=O)CSc2nncn2-c2ccccc2C)c1. The molecule has 1 amide bonds. The quantitative estimate of drug-likeness (QED) is 0.519. The lowest BCUT2D eigenvalue weighted by Gasteiger charge is -2.26. The Morgan fingerprint density at radius 3 is 2.81 bits per heavy atom. The van der Waals surface area contributed by atoms with Gasteiger partial charge in [0.1, 0.15) is 17.8 Å². The molecule has 0 saturated carbocycles. The van der Waals surface area contributed by atoms with E-state index < -0.39 is 0 Å². The molecule has 7 nitrogen and oxygen atoms in total. The topological polar surface area (TPSA) is 69.5 Å². The summed E-state index contributed by atoms with van der Waals surface area (Å²) in [6.45, 7) is 2.78. The second-order valence-corrected chi connectivity index (χ2v) is 8.35. The number of thioether (sulfide) groups is 1. The minimum atomic E-state index is -0.0209. The first-order valence-corrected chi connectivity index (χ1v) is 11.2. The van der Waals surface area contributed by atoms with Gasteiger partial charge >= 0.3 is 0 Å². The van der Waals surface area contributed by atoms with E-state index in [2.05, 4.69) is 10.2 Å². The minimum absolute atomic E-state index is 0.0209. The van der Waals surface area contributed by atoms with E-state index in [1.807, 2.05) is 58.9 Å². The lowest BCUT2D eigenvalue weighted by Crippen LogP contribution is -2.32. The second-order valence-electron chi connectivity index (χ2n) is 7.41. The zero-order valence-electron chi connectivity index (χ0n) is 17.9. The van der Waals surface area contributed by atoms with E-state index in [4.69, 9.17) is 9.47 Å². The summed E-state index contributed by atoms with van der Waals surface area (Å²) in [6.07, 6.45) is 3.55. The summed E-state index contributed by atoms with van der Waals surface area (Å²) in [6, 6.07) is 13.8. The summed E-state index contributed by atoms with van der Waals surface area (Å²) in [7, 11) is 3.30. The highest BCUT2D eigenvalue weighted by molar-refractivity contribution is 7.99. The smallest absolute Gasteiger partial charge is 0.233 e. The van der Waals surface area contributed by atoms with Gasteiger partial charge in [0.25, 0.3) is 0 Å². The van der Waals surface area contributed by atoms with Crippen molar-refractivity contribution in [1.82, 2.24) is 19.7 Å². The number of methoxy groups -OCH3 is 2. The number of rotatable bonds is 7.